The number of methoxy groups -OCH3 is 1. The van der Waals surface area contributed by atoms with Gasteiger partial charge in [0.1, 0.15) is 5.82 Å². The molecule has 0 bridgehead atoms. The van der Waals surface area contributed by atoms with Crippen LogP contribution in [0.3, 0.4) is 0 Å². The maximum atomic E-state index is 13.7. The number of hydrogen-bond acceptors (Lipinski definition) is 3. The number of rotatable bonds is 6. The molecule has 0 aliphatic carbocycles. The molecule has 0 saturated carbocycles. The quantitative estimate of drug-likeness (QED) is 0.635. The summed E-state index contributed by atoms with van der Waals surface area (Å²) in [5.41, 5.74) is 1.33. The summed E-state index contributed by atoms with van der Waals surface area (Å²) in [6.07, 6.45) is 0.413. The molecule has 0 fully saturated rings. The molecule has 0 spiro atoms. The summed E-state index contributed by atoms with van der Waals surface area (Å²) in [6.45, 7) is 0.709. The molecule has 0 heterocycles. The highest BCUT2D eigenvalue weighted by Gasteiger charge is 2.02. The Labute approximate surface area is 112 Å². The summed E-state index contributed by atoms with van der Waals surface area (Å²) in [7, 11) is 1.65. The van der Waals surface area contributed by atoms with Crippen LogP contribution in [0.2, 0.25) is 0 Å². The molecule has 1 aromatic rings. The van der Waals surface area contributed by atoms with Crippen LogP contribution in [0.5, 0.6) is 0 Å². The van der Waals surface area contributed by atoms with E-state index in [0.717, 1.165) is 5.75 Å². The van der Waals surface area contributed by atoms with E-state index in [4.69, 9.17) is 9.84 Å². The summed E-state index contributed by atoms with van der Waals surface area (Å²) in [5.74, 6) is 6.85. The number of ether oxygens (including phenoxy) is 1. The monoisotopic (exact) mass is 268 g/mol. The van der Waals surface area contributed by atoms with Crippen LogP contribution in [0, 0.1) is 17.7 Å². The lowest BCUT2D eigenvalue weighted by molar-refractivity contribution is 0.218. The molecule has 0 radical (unpaired) electrons. The Bertz CT molecular complexity index is 424. The summed E-state index contributed by atoms with van der Waals surface area (Å²) in [5, 5.41) is 8.59. The highest BCUT2D eigenvalue weighted by Crippen LogP contribution is 2.16. The Balaban J connectivity index is 2.54. The van der Waals surface area contributed by atoms with Gasteiger partial charge in [-0.1, -0.05) is 17.9 Å². The van der Waals surface area contributed by atoms with Crippen LogP contribution in [0.15, 0.2) is 18.2 Å². The third-order valence-corrected chi connectivity index (χ3v) is 3.18. The van der Waals surface area contributed by atoms with Gasteiger partial charge in [-0.3, -0.25) is 0 Å². The van der Waals surface area contributed by atoms with E-state index in [1.807, 2.05) is 0 Å². The van der Waals surface area contributed by atoms with Gasteiger partial charge in [0.15, 0.2) is 0 Å². The third kappa shape index (κ3) is 5.54. The van der Waals surface area contributed by atoms with Crippen LogP contribution in [0.25, 0.3) is 0 Å². The first kappa shape index (κ1) is 15.0. The maximum Gasteiger partial charge on any atom is 0.128 e. The van der Waals surface area contributed by atoms with Crippen molar-refractivity contribution in [3.8, 4) is 11.8 Å². The van der Waals surface area contributed by atoms with Gasteiger partial charge in [-0.2, -0.15) is 11.8 Å². The molecular weight excluding hydrogens is 251 g/mol. The third-order valence-electron chi connectivity index (χ3n) is 2.21. The summed E-state index contributed by atoms with van der Waals surface area (Å²) >= 11 is 1.64. The average Bonchev–Trinajstić information content (AvgIpc) is 2.37. The van der Waals surface area contributed by atoms with Crippen molar-refractivity contribution in [2.75, 3.05) is 26.1 Å². The van der Waals surface area contributed by atoms with Crippen molar-refractivity contribution in [3.63, 3.8) is 0 Å². The fraction of sp³-hybridized carbons (Fsp3) is 0.429. The molecule has 2 nitrogen and oxygen atoms in total. The Morgan fingerprint density at radius 3 is 2.94 bits per heavy atom. The predicted octanol–water partition coefficient (Wildman–Crippen LogP) is 2.44. The molecule has 1 rings (SSSR count). The van der Waals surface area contributed by atoms with Gasteiger partial charge in [0.05, 0.1) is 13.2 Å². The fourth-order valence-electron chi connectivity index (χ4n) is 1.29. The van der Waals surface area contributed by atoms with Crippen LogP contribution in [0.1, 0.15) is 17.5 Å². The molecule has 0 aliphatic heterocycles. The van der Waals surface area contributed by atoms with Gasteiger partial charge in [-0.15, -0.1) is 0 Å². The second-order valence-corrected chi connectivity index (χ2v) is 4.73. The number of aliphatic hydroxyl groups excluding tert-OH is 1. The largest absolute Gasteiger partial charge is 0.395 e. The normalized spacial score (nSPS) is 9.94. The van der Waals surface area contributed by atoms with Gasteiger partial charge in [0, 0.05) is 30.6 Å². The minimum Gasteiger partial charge on any atom is -0.395 e. The molecule has 4 heteroatoms. The zero-order chi connectivity index (χ0) is 13.2. The number of aliphatic hydroxyl groups is 1. The van der Waals surface area contributed by atoms with Gasteiger partial charge in [0.2, 0.25) is 0 Å². The minimum atomic E-state index is -0.226. The van der Waals surface area contributed by atoms with Crippen molar-refractivity contribution < 1.29 is 14.2 Å². The first-order chi connectivity index (χ1) is 8.77. The van der Waals surface area contributed by atoms with Crippen LogP contribution in [0.4, 0.5) is 4.39 Å². The van der Waals surface area contributed by atoms with Gasteiger partial charge in [-0.05, 0) is 17.7 Å². The van der Waals surface area contributed by atoms with E-state index in [9.17, 15) is 4.39 Å². The molecule has 0 aromatic heterocycles. The van der Waals surface area contributed by atoms with Gasteiger partial charge in [-0.25, -0.2) is 4.39 Å². The minimum absolute atomic E-state index is 0.0315. The first-order valence-corrected chi connectivity index (χ1v) is 6.88. The summed E-state index contributed by atoms with van der Waals surface area (Å²) in [6, 6.07) is 5.01. The number of thioether (sulfide) groups is 1. The molecule has 0 atom stereocenters. The molecule has 0 aliphatic rings. The van der Waals surface area contributed by atoms with Crippen molar-refractivity contribution >= 4 is 11.8 Å². The van der Waals surface area contributed by atoms with E-state index in [1.54, 1.807) is 31.0 Å². The summed E-state index contributed by atoms with van der Waals surface area (Å²) in [4.78, 5) is 0. The van der Waals surface area contributed by atoms with E-state index >= 15 is 0 Å². The molecule has 0 unspecified atom stereocenters. The highest BCUT2D eigenvalue weighted by atomic mass is 32.2. The zero-order valence-corrected chi connectivity index (χ0v) is 11.2. The topological polar surface area (TPSA) is 29.5 Å². The maximum absolute atomic E-state index is 13.7. The molecule has 0 saturated heterocycles. The average molecular weight is 268 g/mol. The van der Waals surface area contributed by atoms with E-state index in [-0.39, 0.29) is 12.4 Å². The van der Waals surface area contributed by atoms with Crippen LogP contribution >= 0.6 is 11.8 Å². The standard InChI is InChI=1S/C14H17FO2S/c1-17-8-9-18-11-13-6-5-12(10-14(13)15)4-2-3-7-16/h5-6,10,16H,3,7-9,11H2,1H3. The zero-order valence-electron chi connectivity index (χ0n) is 10.4. The lowest BCUT2D eigenvalue weighted by atomic mass is 10.1. The van der Waals surface area contributed by atoms with E-state index in [1.165, 1.54) is 6.07 Å². The van der Waals surface area contributed by atoms with Crippen molar-refractivity contribution in [3.05, 3.63) is 35.1 Å². The number of benzene rings is 1. The Morgan fingerprint density at radius 2 is 2.28 bits per heavy atom. The summed E-state index contributed by atoms with van der Waals surface area (Å²) < 4.78 is 18.6. The lowest BCUT2D eigenvalue weighted by Crippen LogP contribution is -1.94. The van der Waals surface area contributed by atoms with Crippen LogP contribution in [-0.4, -0.2) is 31.2 Å². The van der Waals surface area contributed by atoms with Gasteiger partial charge in [0.25, 0.3) is 0 Å². The van der Waals surface area contributed by atoms with Crippen molar-refractivity contribution in [1.29, 1.82) is 0 Å². The molecule has 1 aromatic carbocycles. The number of halogens is 1. The van der Waals surface area contributed by atoms with Crippen molar-refractivity contribution in [2.45, 2.75) is 12.2 Å². The highest BCUT2D eigenvalue weighted by molar-refractivity contribution is 7.98. The molecule has 18 heavy (non-hydrogen) atoms. The Hall–Kier alpha value is -1.02. The second kappa shape index (κ2) is 8.98. The second-order valence-electron chi connectivity index (χ2n) is 3.63. The van der Waals surface area contributed by atoms with Crippen LogP contribution in [-0.2, 0) is 10.5 Å². The van der Waals surface area contributed by atoms with E-state index in [0.29, 0.717) is 29.9 Å². The lowest BCUT2D eigenvalue weighted by Gasteiger charge is -2.03. The first-order valence-electron chi connectivity index (χ1n) is 5.72. The smallest absolute Gasteiger partial charge is 0.128 e. The Morgan fingerprint density at radius 1 is 1.44 bits per heavy atom. The molecule has 0 amide bonds. The molecule has 1 N–H and O–H groups in total. The van der Waals surface area contributed by atoms with Crippen molar-refractivity contribution in [1.82, 2.24) is 0 Å². The predicted molar refractivity (Wildman–Crippen MR) is 73.0 cm³/mol. The fourth-order valence-corrected chi connectivity index (χ4v) is 2.17. The van der Waals surface area contributed by atoms with Crippen LogP contribution < -0.4 is 0 Å². The van der Waals surface area contributed by atoms with Gasteiger partial charge < -0.3 is 9.84 Å². The molecular formula is C14H17FO2S. The molecule has 98 valence electrons. The van der Waals surface area contributed by atoms with E-state index < -0.39 is 0 Å². The number of hydrogen-bond donors (Lipinski definition) is 1. The Kier molecular flexibility index (Phi) is 7.51. The van der Waals surface area contributed by atoms with Gasteiger partial charge >= 0.3 is 0 Å². The van der Waals surface area contributed by atoms with Crippen molar-refractivity contribution in [2.24, 2.45) is 0 Å². The SMILES string of the molecule is COCCSCc1ccc(C#CCCO)cc1F. The van der Waals surface area contributed by atoms with E-state index in [2.05, 4.69) is 11.8 Å².